The minimum Gasteiger partial charge on any atom is -0.349 e. The van der Waals surface area contributed by atoms with Crippen LogP contribution in [-0.4, -0.2) is 25.0 Å². The van der Waals surface area contributed by atoms with Crippen LogP contribution in [0.2, 0.25) is 0 Å². The topological polar surface area (TPSA) is 41.1 Å². The molecule has 0 atom stereocenters. The average Bonchev–Trinajstić information content (AvgIpc) is 2.40. The Hall–Kier alpha value is -0.620. The molecule has 1 aromatic rings. The molecular formula is C14H19IN2O. The van der Waals surface area contributed by atoms with E-state index in [-0.39, 0.29) is 5.91 Å². The van der Waals surface area contributed by atoms with Crippen LogP contribution in [0.1, 0.15) is 36.0 Å². The predicted octanol–water partition coefficient (Wildman–Crippen LogP) is 2.55. The number of rotatable bonds is 3. The number of hydrogen-bond donors (Lipinski definition) is 2. The zero-order valence-electron chi connectivity index (χ0n) is 10.6. The third-order valence-corrected chi connectivity index (χ3v) is 4.53. The molecule has 0 aliphatic heterocycles. The molecule has 4 heteroatoms. The van der Waals surface area contributed by atoms with Crippen molar-refractivity contribution in [3.8, 4) is 0 Å². The first-order valence-electron chi connectivity index (χ1n) is 6.43. The van der Waals surface area contributed by atoms with Gasteiger partial charge in [-0.2, -0.15) is 0 Å². The van der Waals surface area contributed by atoms with Gasteiger partial charge in [0.25, 0.3) is 5.91 Å². The van der Waals surface area contributed by atoms with Crippen LogP contribution in [0, 0.1) is 3.57 Å². The van der Waals surface area contributed by atoms with Crippen LogP contribution in [0.25, 0.3) is 0 Å². The van der Waals surface area contributed by atoms with Crippen molar-refractivity contribution < 1.29 is 4.79 Å². The van der Waals surface area contributed by atoms with Crippen LogP contribution in [0.4, 0.5) is 0 Å². The zero-order valence-corrected chi connectivity index (χ0v) is 12.7. The van der Waals surface area contributed by atoms with Crippen molar-refractivity contribution in [2.45, 2.75) is 37.8 Å². The van der Waals surface area contributed by atoms with Crippen molar-refractivity contribution in [3.05, 3.63) is 33.4 Å². The quantitative estimate of drug-likeness (QED) is 0.816. The number of carbonyl (C=O) groups is 1. The van der Waals surface area contributed by atoms with Gasteiger partial charge in [0, 0.05) is 15.7 Å². The van der Waals surface area contributed by atoms with Crippen LogP contribution in [-0.2, 0) is 0 Å². The lowest BCUT2D eigenvalue weighted by molar-refractivity contribution is 0.0924. The van der Waals surface area contributed by atoms with Crippen molar-refractivity contribution >= 4 is 28.5 Å². The Balaban J connectivity index is 1.91. The molecule has 1 fully saturated rings. The molecule has 2 rings (SSSR count). The third kappa shape index (κ3) is 3.45. The highest BCUT2D eigenvalue weighted by atomic mass is 127. The fraction of sp³-hybridized carbons (Fsp3) is 0.500. The number of amides is 1. The molecule has 0 bridgehead atoms. The van der Waals surface area contributed by atoms with E-state index < -0.39 is 0 Å². The number of nitrogens with one attached hydrogen (secondary N) is 2. The maximum absolute atomic E-state index is 12.2. The van der Waals surface area contributed by atoms with Crippen LogP contribution < -0.4 is 10.6 Å². The maximum atomic E-state index is 12.2. The minimum absolute atomic E-state index is 0.0629. The van der Waals surface area contributed by atoms with Crippen LogP contribution in [0.3, 0.4) is 0 Å². The summed E-state index contributed by atoms with van der Waals surface area (Å²) in [6, 6.07) is 8.67. The molecule has 18 heavy (non-hydrogen) atoms. The fourth-order valence-electron chi connectivity index (χ4n) is 2.43. The Morgan fingerprint density at radius 3 is 2.39 bits per heavy atom. The number of halogens is 1. The molecule has 1 amide bonds. The second-order valence-electron chi connectivity index (χ2n) is 4.79. The minimum atomic E-state index is 0.0629. The summed E-state index contributed by atoms with van der Waals surface area (Å²) in [7, 11) is 2.01. The van der Waals surface area contributed by atoms with E-state index in [0.29, 0.717) is 12.1 Å². The summed E-state index contributed by atoms with van der Waals surface area (Å²) in [4.78, 5) is 12.2. The molecule has 0 heterocycles. The first kappa shape index (κ1) is 13.8. The summed E-state index contributed by atoms with van der Waals surface area (Å²) >= 11 is 2.21. The Labute approximate surface area is 122 Å². The second kappa shape index (κ2) is 6.52. The highest BCUT2D eigenvalue weighted by Crippen LogP contribution is 2.19. The van der Waals surface area contributed by atoms with Gasteiger partial charge in [-0.1, -0.05) is 12.1 Å². The molecule has 0 aromatic heterocycles. The van der Waals surface area contributed by atoms with Gasteiger partial charge >= 0.3 is 0 Å². The molecule has 98 valence electrons. The van der Waals surface area contributed by atoms with E-state index in [0.717, 1.165) is 34.8 Å². The van der Waals surface area contributed by atoms with Crippen LogP contribution in [0.5, 0.6) is 0 Å². The van der Waals surface area contributed by atoms with E-state index in [1.807, 2.05) is 31.3 Å². The maximum Gasteiger partial charge on any atom is 0.252 e. The van der Waals surface area contributed by atoms with Crippen molar-refractivity contribution in [3.63, 3.8) is 0 Å². The molecule has 1 aliphatic rings. The predicted molar refractivity (Wildman–Crippen MR) is 81.7 cm³/mol. The van der Waals surface area contributed by atoms with Crippen molar-refractivity contribution in [1.29, 1.82) is 0 Å². The average molecular weight is 358 g/mol. The van der Waals surface area contributed by atoms with Gasteiger partial charge in [0.1, 0.15) is 0 Å². The monoisotopic (exact) mass is 358 g/mol. The van der Waals surface area contributed by atoms with Crippen molar-refractivity contribution in [2.24, 2.45) is 0 Å². The lowest BCUT2D eigenvalue weighted by Crippen LogP contribution is -2.41. The summed E-state index contributed by atoms with van der Waals surface area (Å²) in [5.74, 6) is 0.0629. The summed E-state index contributed by atoms with van der Waals surface area (Å²) in [6.45, 7) is 0. The lowest BCUT2D eigenvalue weighted by atomic mass is 9.91. The van der Waals surface area contributed by atoms with E-state index in [1.165, 1.54) is 0 Å². The van der Waals surface area contributed by atoms with Gasteiger partial charge in [0.15, 0.2) is 0 Å². The summed E-state index contributed by atoms with van der Waals surface area (Å²) in [6.07, 6.45) is 4.43. The normalized spacial score (nSPS) is 23.7. The van der Waals surface area contributed by atoms with Gasteiger partial charge in [0.2, 0.25) is 0 Å². The third-order valence-electron chi connectivity index (χ3n) is 3.59. The van der Waals surface area contributed by atoms with Gasteiger partial charge in [-0.05, 0) is 67.5 Å². The van der Waals surface area contributed by atoms with E-state index in [1.54, 1.807) is 0 Å². The molecule has 1 aliphatic carbocycles. The smallest absolute Gasteiger partial charge is 0.252 e. The summed E-state index contributed by atoms with van der Waals surface area (Å²) in [5.41, 5.74) is 0.786. The molecule has 1 aromatic carbocycles. The standard InChI is InChI=1S/C14H19IN2O/c1-16-10-6-8-11(9-7-10)17-14(18)12-4-2-3-5-13(12)15/h2-5,10-11,16H,6-9H2,1H3,(H,17,18). The Bertz CT molecular complexity index is 414. The first-order valence-corrected chi connectivity index (χ1v) is 7.51. The SMILES string of the molecule is CNC1CCC(NC(=O)c2ccccc2I)CC1. The molecule has 0 spiro atoms. The summed E-state index contributed by atoms with van der Waals surface area (Å²) in [5, 5.41) is 6.45. The Morgan fingerprint density at radius 2 is 1.78 bits per heavy atom. The van der Waals surface area contributed by atoms with Crippen molar-refractivity contribution in [1.82, 2.24) is 10.6 Å². The lowest BCUT2D eigenvalue weighted by Gasteiger charge is -2.28. The van der Waals surface area contributed by atoms with Crippen LogP contribution >= 0.6 is 22.6 Å². The van der Waals surface area contributed by atoms with Gasteiger partial charge in [-0.3, -0.25) is 4.79 Å². The van der Waals surface area contributed by atoms with Gasteiger partial charge in [-0.25, -0.2) is 0 Å². The van der Waals surface area contributed by atoms with Gasteiger partial charge in [-0.15, -0.1) is 0 Å². The fourth-order valence-corrected chi connectivity index (χ4v) is 3.07. The molecular weight excluding hydrogens is 339 g/mol. The van der Waals surface area contributed by atoms with E-state index in [9.17, 15) is 4.79 Å². The Morgan fingerprint density at radius 1 is 1.17 bits per heavy atom. The molecule has 3 nitrogen and oxygen atoms in total. The summed E-state index contributed by atoms with van der Waals surface area (Å²) < 4.78 is 1.01. The molecule has 0 saturated heterocycles. The van der Waals surface area contributed by atoms with E-state index in [2.05, 4.69) is 33.2 Å². The zero-order chi connectivity index (χ0) is 13.0. The molecule has 0 unspecified atom stereocenters. The van der Waals surface area contributed by atoms with Gasteiger partial charge < -0.3 is 10.6 Å². The van der Waals surface area contributed by atoms with E-state index >= 15 is 0 Å². The number of benzene rings is 1. The van der Waals surface area contributed by atoms with Crippen molar-refractivity contribution in [2.75, 3.05) is 7.05 Å². The van der Waals surface area contributed by atoms with E-state index in [4.69, 9.17) is 0 Å². The van der Waals surface area contributed by atoms with Gasteiger partial charge in [0.05, 0.1) is 5.56 Å². The van der Waals surface area contributed by atoms with Crippen LogP contribution in [0.15, 0.2) is 24.3 Å². The highest BCUT2D eigenvalue weighted by Gasteiger charge is 2.22. The molecule has 2 N–H and O–H groups in total. The first-order chi connectivity index (χ1) is 8.70. The largest absolute Gasteiger partial charge is 0.349 e. The molecule has 1 saturated carbocycles. The highest BCUT2D eigenvalue weighted by molar-refractivity contribution is 14.1. The Kier molecular flexibility index (Phi) is 5.00. The number of hydrogen-bond acceptors (Lipinski definition) is 2. The number of carbonyl (C=O) groups excluding carboxylic acids is 1. The molecule has 0 radical (unpaired) electrons. The second-order valence-corrected chi connectivity index (χ2v) is 5.95.